The number of ether oxygens (including phenoxy) is 3. The molecule has 0 saturated heterocycles. The lowest BCUT2D eigenvalue weighted by atomic mass is 10.2. The average molecular weight is 481 g/mol. The van der Waals surface area contributed by atoms with Crippen LogP contribution in [0, 0.1) is 5.82 Å². The summed E-state index contributed by atoms with van der Waals surface area (Å²) in [5.41, 5.74) is -2.27. The van der Waals surface area contributed by atoms with E-state index in [9.17, 15) is 18.8 Å². The maximum Gasteiger partial charge on any atom is 0.437 e. The standard InChI is InChI=1S/C24H36FN3O6/c1-22(2,3)32-19(29)26-18(27(10)20(30)33-23(4,5)6)28(21(31)34-24(7,8)9)15-16-12-11-13-17(25)14-16/h11-14H,15H2,1-10H3/b26-18-/i25-1. The maximum absolute atomic E-state index is 13.8. The van der Waals surface area contributed by atoms with E-state index in [1.807, 2.05) is 0 Å². The first kappa shape index (κ1) is 28.9. The van der Waals surface area contributed by atoms with Crippen LogP contribution >= 0.6 is 0 Å². The number of halogens is 1. The van der Waals surface area contributed by atoms with Crippen LogP contribution in [0.2, 0.25) is 0 Å². The number of guanidine groups is 1. The van der Waals surface area contributed by atoms with Gasteiger partial charge in [-0.15, -0.1) is 4.99 Å². The molecule has 0 aliphatic rings. The van der Waals surface area contributed by atoms with Crippen LogP contribution in [0.3, 0.4) is 0 Å². The van der Waals surface area contributed by atoms with E-state index in [4.69, 9.17) is 14.2 Å². The highest BCUT2D eigenvalue weighted by atomic mass is 18.2. The van der Waals surface area contributed by atoms with Gasteiger partial charge in [-0.25, -0.2) is 28.6 Å². The topological polar surface area (TPSA) is 97.7 Å². The second kappa shape index (κ2) is 10.8. The minimum Gasteiger partial charge on any atom is -0.443 e. The molecule has 0 aliphatic carbocycles. The fourth-order valence-electron chi connectivity index (χ4n) is 2.45. The molecule has 0 heterocycles. The van der Waals surface area contributed by atoms with Crippen LogP contribution in [0.25, 0.3) is 0 Å². The Balaban J connectivity index is 3.58. The monoisotopic (exact) mass is 480 g/mol. The van der Waals surface area contributed by atoms with Crippen LogP contribution in [0.15, 0.2) is 29.3 Å². The summed E-state index contributed by atoms with van der Waals surface area (Å²) in [6, 6.07) is 5.53. The minimum absolute atomic E-state index is 0.249. The van der Waals surface area contributed by atoms with E-state index < -0.39 is 46.9 Å². The van der Waals surface area contributed by atoms with Crippen LogP contribution in [0.5, 0.6) is 0 Å². The highest BCUT2D eigenvalue weighted by molar-refractivity contribution is 6.04. The summed E-state index contributed by atoms with van der Waals surface area (Å²) in [4.78, 5) is 44.3. The molecule has 34 heavy (non-hydrogen) atoms. The van der Waals surface area contributed by atoms with Crippen LogP contribution in [0.1, 0.15) is 67.9 Å². The highest BCUT2D eigenvalue weighted by Crippen LogP contribution is 2.18. The molecule has 0 saturated carbocycles. The number of rotatable bonds is 2. The summed E-state index contributed by atoms with van der Waals surface area (Å²) in [5, 5.41) is 0. The fraction of sp³-hybridized carbons (Fsp3) is 0.583. The maximum atomic E-state index is 13.8. The van der Waals surface area contributed by atoms with Gasteiger partial charge in [0.25, 0.3) is 0 Å². The molecule has 10 heteroatoms. The molecule has 0 aromatic heterocycles. The van der Waals surface area contributed by atoms with Gasteiger partial charge >= 0.3 is 18.3 Å². The lowest BCUT2D eigenvalue weighted by molar-refractivity contribution is 0.0288. The lowest BCUT2D eigenvalue weighted by Gasteiger charge is -2.32. The largest absolute Gasteiger partial charge is 0.443 e. The third-order valence-electron chi connectivity index (χ3n) is 3.64. The number of amides is 3. The average Bonchev–Trinajstić information content (AvgIpc) is 2.59. The molecule has 0 spiro atoms. The third-order valence-corrected chi connectivity index (χ3v) is 3.64. The van der Waals surface area contributed by atoms with Crippen molar-refractivity contribution >= 4 is 24.2 Å². The van der Waals surface area contributed by atoms with Crippen molar-refractivity contribution in [1.29, 1.82) is 0 Å². The zero-order valence-electron chi connectivity index (χ0n) is 21.7. The number of aliphatic imine (C=N–C) groups is 1. The molecule has 0 radical (unpaired) electrons. The predicted octanol–water partition coefficient (Wildman–Crippen LogP) is 5.72. The first-order valence-electron chi connectivity index (χ1n) is 10.8. The fourth-order valence-corrected chi connectivity index (χ4v) is 2.45. The Morgan fingerprint density at radius 1 is 0.853 bits per heavy atom. The van der Waals surface area contributed by atoms with Crippen LogP contribution in [-0.4, -0.2) is 57.9 Å². The van der Waals surface area contributed by atoms with Gasteiger partial charge in [-0.05, 0) is 80.0 Å². The summed E-state index contributed by atoms with van der Waals surface area (Å²) in [6.07, 6.45) is -2.82. The Bertz CT molecular complexity index is 926. The second-order valence-electron chi connectivity index (χ2n) is 10.6. The van der Waals surface area contributed by atoms with E-state index in [0.717, 1.165) is 9.80 Å². The second-order valence-corrected chi connectivity index (χ2v) is 10.6. The van der Waals surface area contributed by atoms with E-state index >= 15 is 0 Å². The number of hydrogen-bond donors (Lipinski definition) is 0. The summed E-state index contributed by atoms with van der Waals surface area (Å²) in [7, 11) is 1.29. The van der Waals surface area contributed by atoms with Gasteiger partial charge < -0.3 is 14.2 Å². The Morgan fingerprint density at radius 2 is 1.35 bits per heavy atom. The van der Waals surface area contributed by atoms with E-state index in [1.54, 1.807) is 68.4 Å². The summed E-state index contributed by atoms with van der Waals surface area (Å²) in [6.45, 7) is 14.7. The molecular formula is C24H36FN3O6. The normalized spacial score (nSPS) is 12.6. The van der Waals surface area contributed by atoms with Crippen molar-refractivity contribution in [2.75, 3.05) is 7.05 Å². The van der Waals surface area contributed by atoms with Crippen LogP contribution < -0.4 is 0 Å². The molecule has 190 valence electrons. The zero-order valence-corrected chi connectivity index (χ0v) is 21.7. The molecule has 0 atom stereocenters. The zero-order chi connectivity index (χ0) is 26.5. The molecule has 0 unspecified atom stereocenters. The Labute approximate surface area is 200 Å². The summed E-state index contributed by atoms with van der Waals surface area (Å²) < 4.78 is 29.9. The molecule has 9 nitrogen and oxygen atoms in total. The first-order valence-corrected chi connectivity index (χ1v) is 10.8. The number of benzene rings is 1. The molecule has 0 fully saturated rings. The van der Waals surface area contributed by atoms with E-state index in [2.05, 4.69) is 4.99 Å². The van der Waals surface area contributed by atoms with Gasteiger partial charge in [-0.1, -0.05) is 12.1 Å². The van der Waals surface area contributed by atoms with Crippen LogP contribution in [0.4, 0.5) is 18.8 Å². The van der Waals surface area contributed by atoms with Crippen molar-refractivity contribution < 1.29 is 33.0 Å². The summed E-state index contributed by atoms with van der Waals surface area (Å²) in [5.74, 6) is -0.922. The molecule has 0 bridgehead atoms. The van der Waals surface area contributed by atoms with Crippen molar-refractivity contribution in [3.63, 3.8) is 0 Å². The van der Waals surface area contributed by atoms with E-state index in [-0.39, 0.29) is 6.54 Å². The number of hydrogen-bond acceptors (Lipinski definition) is 6. The highest BCUT2D eigenvalue weighted by Gasteiger charge is 2.34. The Hall–Kier alpha value is -3.17. The lowest BCUT2D eigenvalue weighted by Crippen LogP contribution is -2.50. The molecule has 0 N–H and O–H groups in total. The molecule has 1 aromatic rings. The van der Waals surface area contributed by atoms with Crippen molar-refractivity contribution in [2.45, 2.75) is 85.7 Å². The summed E-state index contributed by atoms with van der Waals surface area (Å²) >= 11 is 0. The van der Waals surface area contributed by atoms with Gasteiger partial charge in [-0.3, -0.25) is 0 Å². The van der Waals surface area contributed by atoms with E-state index in [0.29, 0.717) is 5.56 Å². The van der Waals surface area contributed by atoms with Gasteiger partial charge in [0, 0.05) is 7.05 Å². The van der Waals surface area contributed by atoms with Gasteiger partial charge in [0.05, 0.1) is 6.54 Å². The number of carbonyl (C=O) groups is 3. The van der Waals surface area contributed by atoms with Crippen molar-refractivity contribution in [1.82, 2.24) is 9.80 Å². The third kappa shape index (κ3) is 10.6. The van der Waals surface area contributed by atoms with Gasteiger partial charge in [0.2, 0.25) is 5.96 Å². The Kier molecular flexibility index (Phi) is 9.20. The quantitative estimate of drug-likeness (QED) is 0.305. The van der Waals surface area contributed by atoms with Crippen molar-refractivity contribution in [2.24, 2.45) is 4.99 Å². The molecule has 1 aromatic carbocycles. The molecule has 3 amide bonds. The van der Waals surface area contributed by atoms with Crippen LogP contribution in [-0.2, 0) is 20.8 Å². The van der Waals surface area contributed by atoms with Crippen molar-refractivity contribution in [3.05, 3.63) is 35.6 Å². The molecular weight excluding hydrogens is 444 g/mol. The van der Waals surface area contributed by atoms with Gasteiger partial charge in [-0.2, -0.15) is 0 Å². The minimum atomic E-state index is -1.04. The SMILES string of the molecule is CN(C(=O)OC(C)(C)C)/C(=N/C(=O)OC(C)(C)C)N(Cc1cccc([18F])c1)C(=O)OC(C)(C)C. The van der Waals surface area contributed by atoms with E-state index in [1.165, 1.54) is 25.2 Å². The molecule has 1 rings (SSSR count). The Morgan fingerprint density at radius 3 is 1.82 bits per heavy atom. The van der Waals surface area contributed by atoms with Gasteiger partial charge in [0.15, 0.2) is 0 Å². The first-order chi connectivity index (χ1) is 15.3. The van der Waals surface area contributed by atoms with Gasteiger partial charge in [0.1, 0.15) is 22.6 Å². The number of carbonyl (C=O) groups excluding carboxylic acids is 3. The van der Waals surface area contributed by atoms with Crippen molar-refractivity contribution in [3.8, 4) is 0 Å². The predicted molar refractivity (Wildman–Crippen MR) is 126 cm³/mol. The smallest absolute Gasteiger partial charge is 0.437 e. The molecule has 0 aliphatic heterocycles. The number of nitrogens with zero attached hydrogens (tertiary/aromatic N) is 3.